The molecule has 0 fully saturated rings. The lowest BCUT2D eigenvalue weighted by Crippen LogP contribution is -2.55. The maximum Gasteiger partial charge on any atom is 0.306 e. The summed E-state index contributed by atoms with van der Waals surface area (Å²) in [5.74, 6) is -1.73. The summed E-state index contributed by atoms with van der Waals surface area (Å²) in [6.07, 6.45) is 43.4. The minimum absolute atomic E-state index is 0.0414. The third kappa shape index (κ3) is 37.4. The van der Waals surface area contributed by atoms with E-state index in [9.17, 15) is 19.5 Å². The number of carbonyl (C=O) groups excluding carboxylic acids is 3. The molecule has 0 aromatic carbocycles. The highest BCUT2D eigenvalue weighted by Gasteiger charge is 2.25. The first-order valence-corrected chi connectivity index (χ1v) is 23.4. The van der Waals surface area contributed by atoms with Gasteiger partial charge in [0, 0.05) is 19.3 Å². The number of carbonyl (C=O) groups is 3. The largest absolute Gasteiger partial charge is 0.544 e. The van der Waals surface area contributed by atoms with E-state index in [0.717, 1.165) is 57.8 Å². The molecule has 0 aliphatic carbocycles. The number of hydrogen-bond donors (Lipinski definition) is 0. The number of hydrogen-bond acceptors (Lipinski definition) is 7. The first-order chi connectivity index (χ1) is 27.1. The van der Waals surface area contributed by atoms with Crippen LogP contribution in [-0.2, 0) is 28.6 Å². The molecule has 0 amide bonds. The average molecular weight is 792 g/mol. The van der Waals surface area contributed by atoms with Gasteiger partial charge in [-0.25, -0.2) is 0 Å². The number of quaternary nitrogens is 1. The predicted molar refractivity (Wildman–Crippen MR) is 231 cm³/mol. The van der Waals surface area contributed by atoms with Gasteiger partial charge in [-0.15, -0.1) is 0 Å². The zero-order valence-corrected chi connectivity index (χ0v) is 37.3. The van der Waals surface area contributed by atoms with Gasteiger partial charge in [0.2, 0.25) is 0 Å². The Labute approximate surface area is 345 Å². The maximum absolute atomic E-state index is 12.7. The number of likely N-dealkylation sites (N-methyl/N-ethyl adjacent to an activating group) is 1. The molecule has 56 heavy (non-hydrogen) atoms. The fourth-order valence-electron chi connectivity index (χ4n) is 6.99. The Balaban J connectivity index is 4.26. The van der Waals surface area contributed by atoms with E-state index in [2.05, 4.69) is 38.2 Å². The summed E-state index contributed by atoms with van der Waals surface area (Å²) in [6.45, 7) is 4.57. The molecule has 0 radical (unpaired) electrons. The molecule has 0 saturated heterocycles. The van der Waals surface area contributed by atoms with E-state index in [0.29, 0.717) is 12.8 Å². The van der Waals surface area contributed by atoms with Crippen LogP contribution >= 0.6 is 0 Å². The van der Waals surface area contributed by atoms with Gasteiger partial charge in [0.1, 0.15) is 12.6 Å². The van der Waals surface area contributed by atoms with E-state index in [4.69, 9.17) is 14.2 Å². The molecule has 0 spiro atoms. The summed E-state index contributed by atoms with van der Waals surface area (Å²) < 4.78 is 17.2. The molecule has 0 rings (SSSR count). The SMILES string of the molecule is CC/C=C/C/C=C/CCCCCCCCCC(=O)OC(COCCC(C(=O)[O-])[N+](C)(C)C)COC(=O)CCCCCCCCCCCCCCCCCCCC. The van der Waals surface area contributed by atoms with E-state index in [1.165, 1.54) is 122 Å². The van der Waals surface area contributed by atoms with E-state index >= 15 is 0 Å². The summed E-state index contributed by atoms with van der Waals surface area (Å²) in [6, 6.07) is -0.724. The Morgan fingerprint density at radius 2 is 1.00 bits per heavy atom. The van der Waals surface area contributed by atoms with Crippen LogP contribution in [0.2, 0.25) is 0 Å². The highest BCUT2D eigenvalue weighted by Crippen LogP contribution is 2.16. The molecule has 0 bridgehead atoms. The van der Waals surface area contributed by atoms with Crippen molar-refractivity contribution in [2.24, 2.45) is 0 Å². The fourth-order valence-corrected chi connectivity index (χ4v) is 6.99. The summed E-state index contributed by atoms with van der Waals surface area (Å²) in [4.78, 5) is 36.9. The van der Waals surface area contributed by atoms with E-state index in [1.54, 1.807) is 21.1 Å². The first kappa shape index (κ1) is 53.8. The van der Waals surface area contributed by atoms with Crippen LogP contribution in [0.5, 0.6) is 0 Å². The number of ether oxygens (including phenoxy) is 3. The Kier molecular flexibility index (Phi) is 38.1. The Morgan fingerprint density at radius 1 is 0.554 bits per heavy atom. The number of rotatable bonds is 42. The second-order valence-corrected chi connectivity index (χ2v) is 17.0. The Hall–Kier alpha value is -2.19. The molecule has 8 heteroatoms. The molecular weight excluding hydrogens is 703 g/mol. The molecule has 0 aliphatic heterocycles. The molecule has 2 unspecified atom stereocenters. The van der Waals surface area contributed by atoms with Crippen LogP contribution in [0.1, 0.15) is 213 Å². The summed E-state index contributed by atoms with van der Waals surface area (Å²) in [5.41, 5.74) is 0. The van der Waals surface area contributed by atoms with Crippen molar-refractivity contribution in [3.8, 4) is 0 Å². The van der Waals surface area contributed by atoms with Crippen LogP contribution in [0, 0.1) is 0 Å². The van der Waals surface area contributed by atoms with E-state index in [-0.39, 0.29) is 42.7 Å². The zero-order valence-electron chi connectivity index (χ0n) is 37.3. The number of carboxylic acid groups (broad SMARTS) is 1. The zero-order chi connectivity index (χ0) is 41.4. The van der Waals surface area contributed by atoms with Crippen LogP contribution in [0.4, 0.5) is 0 Å². The van der Waals surface area contributed by atoms with Gasteiger partial charge in [0.15, 0.2) is 6.10 Å². The number of aliphatic carboxylic acids is 1. The average Bonchev–Trinajstić information content (AvgIpc) is 3.15. The molecule has 0 heterocycles. The van der Waals surface area contributed by atoms with Crippen LogP contribution in [0.25, 0.3) is 0 Å². The van der Waals surface area contributed by atoms with Crippen LogP contribution in [0.15, 0.2) is 24.3 Å². The van der Waals surface area contributed by atoms with Gasteiger partial charge >= 0.3 is 11.9 Å². The van der Waals surface area contributed by atoms with Crippen LogP contribution in [0.3, 0.4) is 0 Å². The highest BCUT2D eigenvalue weighted by atomic mass is 16.6. The summed E-state index contributed by atoms with van der Waals surface area (Å²) in [5, 5.41) is 11.6. The van der Waals surface area contributed by atoms with Crippen LogP contribution < -0.4 is 5.11 Å². The predicted octanol–water partition coefficient (Wildman–Crippen LogP) is 11.5. The van der Waals surface area contributed by atoms with Gasteiger partial charge in [-0.05, 0) is 38.5 Å². The lowest BCUT2D eigenvalue weighted by Gasteiger charge is -2.34. The number of unbranched alkanes of at least 4 members (excludes halogenated alkanes) is 24. The standard InChI is InChI=1S/C48H89NO7/c1-6-8-10-12-14-16-18-20-22-23-24-25-27-28-30-32-34-36-38-46(50)55-43-44(42-54-41-40-45(48(52)53)49(3,4)5)56-47(51)39-37-35-33-31-29-26-21-19-17-15-13-11-9-7-2/h9,11,15,17,44-45H,6-8,10,12-14,16,18-43H2,1-5H3/b11-9+,17-15+. The van der Waals surface area contributed by atoms with Gasteiger partial charge in [0.25, 0.3) is 0 Å². The van der Waals surface area contributed by atoms with Gasteiger partial charge in [-0.1, -0.05) is 179 Å². The third-order valence-corrected chi connectivity index (χ3v) is 10.6. The number of nitrogens with zero attached hydrogens (tertiary/aromatic N) is 1. The number of allylic oxidation sites excluding steroid dienone is 4. The second-order valence-electron chi connectivity index (χ2n) is 17.0. The Morgan fingerprint density at radius 3 is 1.46 bits per heavy atom. The second kappa shape index (κ2) is 39.6. The van der Waals surface area contributed by atoms with Gasteiger partial charge < -0.3 is 28.6 Å². The van der Waals surface area contributed by atoms with Crippen molar-refractivity contribution in [1.82, 2.24) is 0 Å². The first-order valence-electron chi connectivity index (χ1n) is 23.4. The lowest BCUT2D eigenvalue weighted by molar-refractivity contribution is -0.889. The van der Waals surface area contributed by atoms with Gasteiger partial charge in [-0.3, -0.25) is 9.59 Å². The molecule has 0 aromatic heterocycles. The molecule has 8 nitrogen and oxygen atoms in total. The monoisotopic (exact) mass is 792 g/mol. The minimum Gasteiger partial charge on any atom is -0.544 e. The molecule has 0 N–H and O–H groups in total. The van der Waals surface area contributed by atoms with Gasteiger partial charge in [-0.2, -0.15) is 0 Å². The van der Waals surface area contributed by atoms with E-state index < -0.39 is 18.1 Å². The molecule has 0 aliphatic rings. The van der Waals surface area contributed by atoms with Crippen molar-refractivity contribution in [2.75, 3.05) is 41.0 Å². The molecule has 328 valence electrons. The summed E-state index contributed by atoms with van der Waals surface area (Å²) >= 11 is 0. The van der Waals surface area contributed by atoms with Crippen molar-refractivity contribution in [2.45, 2.75) is 225 Å². The van der Waals surface area contributed by atoms with Gasteiger partial charge in [0.05, 0.1) is 40.3 Å². The van der Waals surface area contributed by atoms with Crippen LogP contribution in [-0.4, -0.2) is 75.5 Å². The minimum atomic E-state index is -1.12. The van der Waals surface area contributed by atoms with Crippen molar-refractivity contribution >= 4 is 17.9 Å². The Bertz CT molecular complexity index is 973. The molecule has 2 atom stereocenters. The summed E-state index contributed by atoms with van der Waals surface area (Å²) in [7, 11) is 5.41. The van der Waals surface area contributed by atoms with Crippen molar-refractivity contribution in [1.29, 1.82) is 0 Å². The van der Waals surface area contributed by atoms with Crippen molar-refractivity contribution in [3.63, 3.8) is 0 Å². The molecule has 0 aromatic rings. The normalized spacial score (nSPS) is 13.1. The molecular formula is C48H89NO7. The molecule has 0 saturated carbocycles. The third-order valence-electron chi connectivity index (χ3n) is 10.6. The highest BCUT2D eigenvalue weighted by molar-refractivity contribution is 5.70. The van der Waals surface area contributed by atoms with Crippen molar-refractivity contribution in [3.05, 3.63) is 24.3 Å². The quantitative estimate of drug-likeness (QED) is 0.0262. The van der Waals surface area contributed by atoms with Crippen molar-refractivity contribution < 1.29 is 38.2 Å². The number of carboxylic acids is 1. The van der Waals surface area contributed by atoms with E-state index in [1.807, 2.05) is 0 Å². The maximum atomic E-state index is 12.7. The lowest BCUT2D eigenvalue weighted by atomic mass is 10.0. The fraction of sp³-hybridized carbons (Fsp3) is 0.854. The number of esters is 2. The topological polar surface area (TPSA) is 102 Å². The smallest absolute Gasteiger partial charge is 0.306 e.